The summed E-state index contributed by atoms with van der Waals surface area (Å²) in [6.07, 6.45) is 1.54. The number of ether oxygens (including phenoxy) is 1. The molecule has 1 aromatic heterocycles. The van der Waals surface area contributed by atoms with Crippen LogP contribution < -0.4 is 10.2 Å². The van der Waals surface area contributed by atoms with Crippen LogP contribution in [0.5, 0.6) is 5.75 Å². The van der Waals surface area contributed by atoms with E-state index < -0.39 is 11.7 Å². The number of hydrogen-bond acceptors (Lipinski definition) is 4. The molecule has 0 unspecified atom stereocenters. The topological polar surface area (TPSA) is 68.5 Å². The maximum Gasteiger partial charge on any atom is 0.277 e. The van der Waals surface area contributed by atoms with Gasteiger partial charge in [-0.15, -0.1) is 0 Å². The minimum Gasteiger partial charge on any atom is -0.484 e. The Kier molecular flexibility index (Phi) is 4.88. The fourth-order valence-corrected chi connectivity index (χ4v) is 1.88. The van der Waals surface area contributed by atoms with Gasteiger partial charge in [-0.1, -0.05) is 6.07 Å². The van der Waals surface area contributed by atoms with Gasteiger partial charge < -0.3 is 4.74 Å². The van der Waals surface area contributed by atoms with Crippen molar-refractivity contribution in [3.05, 3.63) is 47.0 Å². The summed E-state index contributed by atoms with van der Waals surface area (Å²) in [5.41, 5.74) is 4.99. The normalized spacial score (nSPS) is 10.9. The van der Waals surface area contributed by atoms with Crippen molar-refractivity contribution in [3.8, 4) is 5.75 Å². The molecule has 0 saturated heterocycles. The molecule has 1 aromatic carbocycles. The molecule has 7 heteroatoms. The average Bonchev–Trinajstić information content (AvgIpc) is 2.71. The molecular formula is C15H17FN4O2. The highest BCUT2D eigenvalue weighted by Crippen LogP contribution is 2.11. The van der Waals surface area contributed by atoms with Gasteiger partial charge in [-0.25, -0.2) is 9.82 Å². The summed E-state index contributed by atoms with van der Waals surface area (Å²) >= 11 is 0. The lowest BCUT2D eigenvalue weighted by Gasteiger charge is -2.04. The predicted molar refractivity (Wildman–Crippen MR) is 80.3 cm³/mol. The van der Waals surface area contributed by atoms with Crippen molar-refractivity contribution >= 4 is 12.1 Å². The summed E-state index contributed by atoms with van der Waals surface area (Å²) in [6, 6.07) is 5.59. The van der Waals surface area contributed by atoms with Crippen LogP contribution in [-0.2, 0) is 11.8 Å². The lowest BCUT2D eigenvalue weighted by atomic mass is 10.2. The molecule has 0 bridgehead atoms. The number of carbonyl (C=O) groups excluding carboxylic acids is 1. The van der Waals surface area contributed by atoms with Gasteiger partial charge in [0.25, 0.3) is 5.91 Å². The predicted octanol–water partition coefficient (Wildman–Crippen LogP) is 1.71. The van der Waals surface area contributed by atoms with E-state index in [0.717, 1.165) is 17.0 Å². The molecule has 0 aliphatic rings. The first-order valence-electron chi connectivity index (χ1n) is 6.68. The first-order chi connectivity index (χ1) is 10.5. The van der Waals surface area contributed by atoms with Crippen LogP contribution in [0.4, 0.5) is 4.39 Å². The highest BCUT2D eigenvalue weighted by Gasteiger charge is 2.07. The third-order valence-electron chi connectivity index (χ3n) is 3.11. The number of rotatable bonds is 5. The Bertz CT molecular complexity index is 710. The molecule has 1 amide bonds. The van der Waals surface area contributed by atoms with Gasteiger partial charge in [0.15, 0.2) is 6.61 Å². The number of carbonyl (C=O) groups is 1. The van der Waals surface area contributed by atoms with Gasteiger partial charge in [0.2, 0.25) is 0 Å². The molecule has 6 nitrogen and oxygen atoms in total. The second kappa shape index (κ2) is 6.84. The zero-order chi connectivity index (χ0) is 16.1. The number of aryl methyl sites for hydroxylation is 2. The van der Waals surface area contributed by atoms with Gasteiger partial charge in [-0.3, -0.25) is 9.48 Å². The van der Waals surface area contributed by atoms with E-state index in [9.17, 15) is 9.18 Å². The number of hydrazone groups is 1. The van der Waals surface area contributed by atoms with E-state index in [1.54, 1.807) is 10.7 Å². The van der Waals surface area contributed by atoms with Crippen LogP contribution in [0.2, 0.25) is 0 Å². The molecule has 116 valence electrons. The summed E-state index contributed by atoms with van der Waals surface area (Å²) in [4.78, 5) is 11.6. The van der Waals surface area contributed by atoms with Crippen LogP contribution in [0.3, 0.4) is 0 Å². The van der Waals surface area contributed by atoms with Crippen LogP contribution in [0.25, 0.3) is 0 Å². The maximum atomic E-state index is 12.9. The van der Waals surface area contributed by atoms with Crippen LogP contribution in [0.15, 0.2) is 29.4 Å². The van der Waals surface area contributed by atoms with E-state index in [-0.39, 0.29) is 12.4 Å². The summed E-state index contributed by atoms with van der Waals surface area (Å²) in [7, 11) is 1.84. The lowest BCUT2D eigenvalue weighted by Crippen LogP contribution is -2.24. The van der Waals surface area contributed by atoms with Crippen molar-refractivity contribution in [2.24, 2.45) is 12.1 Å². The van der Waals surface area contributed by atoms with Crippen molar-refractivity contribution in [1.82, 2.24) is 15.2 Å². The van der Waals surface area contributed by atoms with E-state index in [0.29, 0.717) is 0 Å². The quantitative estimate of drug-likeness (QED) is 0.675. The Balaban J connectivity index is 1.86. The van der Waals surface area contributed by atoms with E-state index in [4.69, 9.17) is 4.74 Å². The number of nitrogens with zero attached hydrogens (tertiary/aromatic N) is 3. The second-order valence-corrected chi connectivity index (χ2v) is 4.75. The largest absolute Gasteiger partial charge is 0.484 e. The monoisotopic (exact) mass is 304 g/mol. The first kappa shape index (κ1) is 15.7. The third kappa shape index (κ3) is 3.91. The Morgan fingerprint density at radius 2 is 2.27 bits per heavy atom. The number of benzene rings is 1. The molecule has 0 spiro atoms. The first-order valence-corrected chi connectivity index (χ1v) is 6.68. The Hall–Kier alpha value is -2.70. The zero-order valence-corrected chi connectivity index (χ0v) is 12.6. The number of nitrogens with one attached hydrogen (secondary N) is 1. The molecule has 0 aliphatic carbocycles. The molecular weight excluding hydrogens is 287 g/mol. The number of halogens is 1. The molecule has 1 heterocycles. The van der Waals surface area contributed by atoms with E-state index in [1.165, 1.54) is 24.4 Å². The zero-order valence-electron chi connectivity index (χ0n) is 12.6. The van der Waals surface area contributed by atoms with E-state index in [1.807, 2.05) is 20.9 Å². The molecule has 0 atom stereocenters. The van der Waals surface area contributed by atoms with Crippen molar-refractivity contribution in [2.75, 3.05) is 6.61 Å². The molecule has 2 rings (SSSR count). The Labute approximate surface area is 127 Å². The maximum absolute atomic E-state index is 12.9. The van der Waals surface area contributed by atoms with Crippen LogP contribution in [-0.4, -0.2) is 28.5 Å². The molecule has 22 heavy (non-hydrogen) atoms. The van der Waals surface area contributed by atoms with Gasteiger partial charge in [0, 0.05) is 24.4 Å². The number of amides is 1. The standard InChI is InChI=1S/C15H17FN4O2/c1-10-14(11(2)20(3)19-10)8-17-18-15(21)9-22-13-6-4-5-12(16)7-13/h4-8H,9H2,1-3H3,(H,18,21)/b17-8-. The SMILES string of the molecule is Cc1nn(C)c(C)c1/C=N\NC(=O)COc1cccc(F)c1. The second-order valence-electron chi connectivity index (χ2n) is 4.75. The minimum atomic E-state index is -0.431. The number of hydrogen-bond donors (Lipinski definition) is 1. The van der Waals surface area contributed by atoms with Gasteiger partial charge in [-0.2, -0.15) is 10.2 Å². The fourth-order valence-electron chi connectivity index (χ4n) is 1.88. The van der Waals surface area contributed by atoms with Crippen molar-refractivity contribution in [3.63, 3.8) is 0 Å². The van der Waals surface area contributed by atoms with Crippen LogP contribution in [0.1, 0.15) is 17.0 Å². The lowest BCUT2D eigenvalue weighted by molar-refractivity contribution is -0.123. The van der Waals surface area contributed by atoms with E-state index >= 15 is 0 Å². The molecule has 0 fully saturated rings. The smallest absolute Gasteiger partial charge is 0.277 e. The Morgan fingerprint density at radius 1 is 1.50 bits per heavy atom. The summed E-state index contributed by atoms with van der Waals surface area (Å²) in [5, 5.41) is 8.12. The molecule has 2 aromatic rings. The van der Waals surface area contributed by atoms with Crippen LogP contribution in [0, 0.1) is 19.7 Å². The summed E-state index contributed by atoms with van der Waals surface area (Å²) < 4.78 is 19.8. The molecule has 0 radical (unpaired) electrons. The highest BCUT2D eigenvalue weighted by molar-refractivity contribution is 5.84. The van der Waals surface area contributed by atoms with Gasteiger partial charge in [0.05, 0.1) is 11.9 Å². The van der Waals surface area contributed by atoms with Crippen molar-refractivity contribution in [2.45, 2.75) is 13.8 Å². The van der Waals surface area contributed by atoms with Crippen molar-refractivity contribution < 1.29 is 13.9 Å². The van der Waals surface area contributed by atoms with Gasteiger partial charge in [0.1, 0.15) is 11.6 Å². The molecule has 1 N–H and O–H groups in total. The van der Waals surface area contributed by atoms with Crippen molar-refractivity contribution in [1.29, 1.82) is 0 Å². The average molecular weight is 304 g/mol. The van der Waals surface area contributed by atoms with Crippen LogP contribution >= 0.6 is 0 Å². The summed E-state index contributed by atoms with van der Waals surface area (Å²) in [6.45, 7) is 3.53. The minimum absolute atomic E-state index is 0.244. The fraction of sp³-hybridized carbons (Fsp3) is 0.267. The third-order valence-corrected chi connectivity index (χ3v) is 3.11. The highest BCUT2D eigenvalue weighted by atomic mass is 19.1. The van der Waals surface area contributed by atoms with E-state index in [2.05, 4.69) is 15.6 Å². The molecule has 0 saturated carbocycles. The van der Waals surface area contributed by atoms with Gasteiger partial charge in [-0.05, 0) is 26.0 Å². The van der Waals surface area contributed by atoms with Gasteiger partial charge >= 0.3 is 0 Å². The Morgan fingerprint density at radius 3 is 2.91 bits per heavy atom. The summed E-state index contributed by atoms with van der Waals surface area (Å²) in [5.74, 6) is -0.559. The molecule has 0 aliphatic heterocycles. The number of aromatic nitrogens is 2.